The topological polar surface area (TPSA) is 34.4 Å². The van der Waals surface area contributed by atoms with E-state index in [-0.39, 0.29) is 0 Å². The molecule has 0 saturated heterocycles. The Hall–Kier alpha value is -5.94. The first kappa shape index (κ1) is 26.0. The van der Waals surface area contributed by atoms with Crippen LogP contribution in [0.15, 0.2) is 174 Å². The van der Waals surface area contributed by atoms with Crippen LogP contribution >= 0.6 is 0 Å². The maximum atomic E-state index is 4.50. The van der Waals surface area contributed by atoms with E-state index in [2.05, 4.69) is 147 Å². The largest absolute Gasteiger partial charge is 0.306 e. The van der Waals surface area contributed by atoms with Crippen LogP contribution in [0.2, 0.25) is 0 Å². The molecule has 0 N–H and O–H groups in total. The fourth-order valence-electron chi connectivity index (χ4n) is 5.68. The lowest BCUT2D eigenvalue weighted by atomic mass is 10.0. The van der Waals surface area contributed by atoms with Crippen LogP contribution in [0.1, 0.15) is 5.56 Å². The van der Waals surface area contributed by atoms with Crippen molar-refractivity contribution in [3.8, 4) is 0 Å². The molecule has 5 heteroatoms. The third kappa shape index (κ3) is 4.83. The molecule has 206 valence electrons. The van der Waals surface area contributed by atoms with Crippen molar-refractivity contribution < 1.29 is 0 Å². The van der Waals surface area contributed by atoms with Crippen molar-refractivity contribution in [2.45, 2.75) is 0 Å². The van der Waals surface area contributed by atoms with E-state index in [0.717, 1.165) is 51.1 Å². The zero-order valence-corrected chi connectivity index (χ0v) is 23.5. The minimum absolute atomic E-state index is 0.696. The molecular weight excluding hydrogens is 526 g/mol. The van der Waals surface area contributed by atoms with Crippen molar-refractivity contribution in [3.63, 3.8) is 0 Å². The zero-order chi connectivity index (χ0) is 29.0. The molecule has 0 aromatic heterocycles. The number of fused-ring (bicyclic) bond motifs is 2. The van der Waals surface area contributed by atoms with Crippen LogP contribution in [0.25, 0.3) is 0 Å². The lowest BCUT2D eigenvalue weighted by Crippen LogP contribution is -2.27. The normalized spacial score (nSPS) is 12.3. The van der Waals surface area contributed by atoms with E-state index in [1.54, 1.807) is 0 Å². The number of benzene rings is 6. The maximum Gasteiger partial charge on any atom is 0.167 e. The minimum Gasteiger partial charge on any atom is -0.306 e. The Morgan fingerprint density at radius 2 is 0.837 bits per heavy atom. The summed E-state index contributed by atoms with van der Waals surface area (Å²) >= 11 is 0. The number of para-hydroxylation sites is 6. The fraction of sp³-hybridized carbons (Fsp3) is 0. The van der Waals surface area contributed by atoms with Crippen LogP contribution in [-0.2, 0) is 0 Å². The quantitative estimate of drug-likeness (QED) is 0.116. The molecule has 6 aromatic carbocycles. The molecule has 0 fully saturated rings. The molecule has 0 spiro atoms. The monoisotopic (exact) mass is 555 g/mol. The summed E-state index contributed by atoms with van der Waals surface area (Å²) in [4.78, 5) is 6.78. The van der Waals surface area contributed by atoms with Crippen LogP contribution in [0.5, 0.6) is 0 Å². The van der Waals surface area contributed by atoms with Gasteiger partial charge in [-0.05, 0) is 72.8 Å². The van der Waals surface area contributed by atoms with Gasteiger partial charge in [-0.1, -0.05) is 91.0 Å². The molecule has 0 unspecified atom stereocenters. The summed E-state index contributed by atoms with van der Waals surface area (Å²) in [5, 5.41) is 8.44. The Labute approximate surface area is 251 Å². The second-order valence-corrected chi connectivity index (χ2v) is 10.1. The van der Waals surface area contributed by atoms with Crippen molar-refractivity contribution in [3.05, 3.63) is 169 Å². The maximum absolute atomic E-state index is 4.50. The van der Waals surface area contributed by atoms with Gasteiger partial charge in [-0.15, -0.1) is 5.10 Å². The summed E-state index contributed by atoms with van der Waals surface area (Å²) in [6.07, 6.45) is 0. The molecular formula is C38H29N5. The summed E-state index contributed by atoms with van der Waals surface area (Å²) < 4.78 is 0. The number of hydrogen-bond acceptors (Lipinski definition) is 4. The molecule has 1 heterocycles. The van der Waals surface area contributed by atoms with Crippen molar-refractivity contribution in [2.75, 3.05) is 14.7 Å². The molecule has 0 bridgehead atoms. The minimum atomic E-state index is 0.696. The van der Waals surface area contributed by atoms with Crippen LogP contribution in [0, 0.1) is 0 Å². The molecule has 0 saturated carbocycles. The Bertz CT molecular complexity index is 1840. The van der Waals surface area contributed by atoms with Gasteiger partial charge in [-0.2, -0.15) is 5.10 Å². The Morgan fingerprint density at radius 3 is 1.33 bits per heavy atom. The molecule has 7 rings (SSSR count). The first-order chi connectivity index (χ1) is 21.3. The van der Waals surface area contributed by atoms with Crippen LogP contribution in [0.3, 0.4) is 0 Å². The van der Waals surface area contributed by atoms with E-state index in [9.17, 15) is 0 Å². The molecule has 0 atom stereocenters. The molecule has 1 aliphatic rings. The summed E-state index contributed by atoms with van der Waals surface area (Å²) in [5.41, 5.74) is 9.54. The summed E-state index contributed by atoms with van der Waals surface area (Å²) in [5.74, 6) is 0.696. The van der Waals surface area contributed by atoms with E-state index >= 15 is 0 Å². The van der Waals surface area contributed by atoms with Gasteiger partial charge < -0.3 is 9.80 Å². The van der Waals surface area contributed by atoms with Gasteiger partial charge >= 0.3 is 0 Å². The smallest absolute Gasteiger partial charge is 0.167 e. The van der Waals surface area contributed by atoms with Gasteiger partial charge in [0.05, 0.1) is 22.7 Å². The molecule has 6 aromatic rings. The van der Waals surface area contributed by atoms with Gasteiger partial charge in [0.25, 0.3) is 0 Å². The van der Waals surface area contributed by atoms with Gasteiger partial charge in [0, 0.05) is 35.0 Å². The summed E-state index contributed by atoms with van der Waals surface area (Å²) in [7, 11) is 0. The third-order valence-electron chi connectivity index (χ3n) is 7.53. The lowest BCUT2D eigenvalue weighted by Gasteiger charge is -2.40. The van der Waals surface area contributed by atoms with E-state index in [0.29, 0.717) is 5.84 Å². The van der Waals surface area contributed by atoms with Gasteiger partial charge in [0.2, 0.25) is 0 Å². The molecule has 1 aliphatic heterocycles. The average molecular weight is 556 g/mol. The lowest BCUT2D eigenvalue weighted by molar-refractivity contribution is 1.17. The van der Waals surface area contributed by atoms with E-state index < -0.39 is 0 Å². The highest BCUT2D eigenvalue weighted by molar-refractivity contribution is 6.14. The van der Waals surface area contributed by atoms with Crippen molar-refractivity contribution in [1.82, 2.24) is 0 Å². The molecule has 43 heavy (non-hydrogen) atoms. The summed E-state index contributed by atoms with van der Waals surface area (Å²) in [6, 6.07) is 56.5. The molecule has 0 amide bonds. The fourth-order valence-corrected chi connectivity index (χ4v) is 5.68. The highest BCUT2D eigenvalue weighted by atomic mass is 15.3. The average Bonchev–Trinajstić information content (AvgIpc) is 3.08. The summed E-state index contributed by atoms with van der Waals surface area (Å²) in [6.45, 7) is 3.67. The van der Waals surface area contributed by atoms with Crippen molar-refractivity contribution in [1.29, 1.82) is 0 Å². The standard InChI is InChI=1S/C38H29N5/c1-39-40-38(29-15-5-2-6-16-29)41(30-17-7-3-8-18-30)32-25-27-33(28-26-32)43-36-23-13-11-21-34(36)42(31-19-9-4-10-20-31)35-22-12-14-24-37(35)43/h2-28H,1H2/b40-38-. The van der Waals surface area contributed by atoms with Gasteiger partial charge in [-0.25, -0.2) is 0 Å². The van der Waals surface area contributed by atoms with Crippen LogP contribution < -0.4 is 14.7 Å². The van der Waals surface area contributed by atoms with Gasteiger partial charge in [-0.3, -0.25) is 4.90 Å². The molecule has 0 radical (unpaired) electrons. The molecule has 0 aliphatic carbocycles. The SMILES string of the molecule is C=N/N=C(/c1ccccc1)N(c1ccccc1)c1ccc(N2c3ccccc3N(c3ccccc3)c3ccccc32)cc1. The van der Waals surface area contributed by atoms with E-state index in [4.69, 9.17) is 0 Å². The first-order valence-electron chi connectivity index (χ1n) is 14.2. The number of nitrogens with zero attached hydrogens (tertiary/aromatic N) is 5. The second kappa shape index (κ2) is 11.5. The second-order valence-electron chi connectivity index (χ2n) is 10.1. The number of anilines is 8. The number of amidine groups is 1. The highest BCUT2D eigenvalue weighted by Crippen LogP contribution is 2.53. The zero-order valence-electron chi connectivity index (χ0n) is 23.5. The van der Waals surface area contributed by atoms with Crippen molar-refractivity contribution in [2.24, 2.45) is 10.2 Å². The Balaban J connectivity index is 1.35. The first-order valence-corrected chi connectivity index (χ1v) is 14.2. The van der Waals surface area contributed by atoms with Crippen LogP contribution in [0.4, 0.5) is 45.5 Å². The Morgan fingerprint density at radius 1 is 0.442 bits per heavy atom. The van der Waals surface area contributed by atoms with Gasteiger partial charge in [0.15, 0.2) is 5.84 Å². The molecule has 5 nitrogen and oxygen atoms in total. The van der Waals surface area contributed by atoms with E-state index in [1.807, 2.05) is 48.5 Å². The third-order valence-corrected chi connectivity index (χ3v) is 7.53. The number of rotatable bonds is 6. The van der Waals surface area contributed by atoms with Gasteiger partial charge in [0.1, 0.15) is 0 Å². The van der Waals surface area contributed by atoms with E-state index in [1.165, 1.54) is 0 Å². The predicted octanol–water partition coefficient (Wildman–Crippen LogP) is 10.1. The van der Waals surface area contributed by atoms with Crippen molar-refractivity contribution >= 4 is 58.1 Å². The Kier molecular flexibility index (Phi) is 6.96. The predicted molar refractivity (Wildman–Crippen MR) is 180 cm³/mol. The highest BCUT2D eigenvalue weighted by Gasteiger charge is 2.30. The number of hydrogen-bond donors (Lipinski definition) is 0. The van der Waals surface area contributed by atoms with Crippen LogP contribution in [-0.4, -0.2) is 12.6 Å².